The van der Waals surface area contributed by atoms with Crippen LogP contribution < -0.4 is 5.32 Å². The largest absolute Gasteiger partial charge is 0.381 e. The molecule has 0 aromatic heterocycles. The van der Waals surface area contributed by atoms with Gasteiger partial charge in [0.05, 0.1) is 5.60 Å². The first-order valence-corrected chi connectivity index (χ1v) is 8.24. The topological polar surface area (TPSA) is 30.5 Å². The molecule has 0 radical (unpaired) electrons. The second-order valence-electron chi connectivity index (χ2n) is 5.57. The van der Waals surface area contributed by atoms with E-state index in [1.807, 2.05) is 0 Å². The van der Waals surface area contributed by atoms with Crippen molar-refractivity contribution in [3.8, 4) is 0 Å². The van der Waals surface area contributed by atoms with Crippen LogP contribution in [0.3, 0.4) is 0 Å². The molecule has 0 aliphatic carbocycles. The predicted molar refractivity (Wildman–Crippen MR) is 80.6 cm³/mol. The number of likely N-dealkylation sites (N-methyl/N-ethyl adjacent to an activating group) is 1. The SMILES string of the molecule is CCCCCCC(NCC)C1(OCC)CCOCC1. The molecule has 3 nitrogen and oxygen atoms in total. The molecule has 1 fully saturated rings. The van der Waals surface area contributed by atoms with E-state index in [4.69, 9.17) is 9.47 Å². The van der Waals surface area contributed by atoms with Crippen LogP contribution in [0.2, 0.25) is 0 Å². The van der Waals surface area contributed by atoms with Gasteiger partial charge in [0.1, 0.15) is 0 Å². The van der Waals surface area contributed by atoms with Crippen molar-refractivity contribution in [2.75, 3.05) is 26.4 Å². The van der Waals surface area contributed by atoms with E-state index in [9.17, 15) is 0 Å². The van der Waals surface area contributed by atoms with Crippen molar-refractivity contribution in [3.05, 3.63) is 0 Å². The van der Waals surface area contributed by atoms with Crippen LogP contribution in [-0.2, 0) is 9.47 Å². The van der Waals surface area contributed by atoms with Crippen LogP contribution in [0.5, 0.6) is 0 Å². The molecule has 0 bridgehead atoms. The van der Waals surface area contributed by atoms with Crippen LogP contribution in [-0.4, -0.2) is 38.0 Å². The van der Waals surface area contributed by atoms with Gasteiger partial charge >= 0.3 is 0 Å². The fraction of sp³-hybridized carbons (Fsp3) is 1.00. The summed E-state index contributed by atoms with van der Waals surface area (Å²) in [4.78, 5) is 0. The van der Waals surface area contributed by atoms with Gasteiger partial charge in [-0.1, -0.05) is 39.5 Å². The van der Waals surface area contributed by atoms with Crippen molar-refractivity contribution >= 4 is 0 Å². The van der Waals surface area contributed by atoms with E-state index in [1.165, 1.54) is 32.1 Å². The fourth-order valence-electron chi connectivity index (χ4n) is 3.17. The summed E-state index contributed by atoms with van der Waals surface area (Å²) in [6, 6.07) is 0.484. The highest BCUT2D eigenvalue weighted by atomic mass is 16.5. The summed E-state index contributed by atoms with van der Waals surface area (Å²) in [6.45, 7) is 10.1. The Morgan fingerprint density at radius 1 is 1.11 bits per heavy atom. The molecule has 1 saturated heterocycles. The molecule has 114 valence electrons. The van der Waals surface area contributed by atoms with Gasteiger partial charge in [-0.3, -0.25) is 0 Å². The predicted octanol–water partition coefficient (Wildman–Crippen LogP) is 3.52. The first-order valence-electron chi connectivity index (χ1n) is 8.24. The molecule has 1 rings (SSSR count). The van der Waals surface area contributed by atoms with E-state index in [0.29, 0.717) is 6.04 Å². The molecule has 0 saturated carbocycles. The summed E-state index contributed by atoms with van der Waals surface area (Å²) in [5.41, 5.74) is 0.00915. The molecule has 0 aromatic carbocycles. The van der Waals surface area contributed by atoms with Gasteiger partial charge in [-0.2, -0.15) is 0 Å². The maximum atomic E-state index is 6.20. The Morgan fingerprint density at radius 2 is 1.84 bits per heavy atom. The number of hydrogen-bond acceptors (Lipinski definition) is 3. The zero-order chi connectivity index (χ0) is 14.0. The molecule has 1 N–H and O–H groups in total. The second-order valence-corrected chi connectivity index (χ2v) is 5.57. The third-order valence-corrected chi connectivity index (χ3v) is 4.20. The Hall–Kier alpha value is -0.120. The third kappa shape index (κ3) is 5.41. The fourth-order valence-corrected chi connectivity index (χ4v) is 3.17. The minimum atomic E-state index is 0.00915. The Morgan fingerprint density at radius 3 is 2.42 bits per heavy atom. The summed E-state index contributed by atoms with van der Waals surface area (Å²) >= 11 is 0. The minimum absolute atomic E-state index is 0.00915. The standard InChI is InChI=1S/C16H33NO2/c1-4-7-8-9-10-15(17-5-2)16(19-6-3)11-13-18-14-12-16/h15,17H,4-14H2,1-3H3. The summed E-state index contributed by atoms with van der Waals surface area (Å²) < 4.78 is 11.7. The zero-order valence-electron chi connectivity index (χ0n) is 13.2. The van der Waals surface area contributed by atoms with Gasteiger partial charge in [-0.15, -0.1) is 0 Å². The molecular formula is C16H33NO2. The second kappa shape index (κ2) is 9.73. The summed E-state index contributed by atoms with van der Waals surface area (Å²) in [6.07, 6.45) is 8.60. The molecule has 1 aliphatic rings. The van der Waals surface area contributed by atoms with Gasteiger partial charge in [0.15, 0.2) is 0 Å². The molecule has 19 heavy (non-hydrogen) atoms. The number of unbranched alkanes of at least 4 members (excludes halogenated alkanes) is 3. The van der Waals surface area contributed by atoms with Gasteiger partial charge in [-0.05, 0) is 19.9 Å². The van der Waals surface area contributed by atoms with E-state index < -0.39 is 0 Å². The molecule has 1 unspecified atom stereocenters. The van der Waals surface area contributed by atoms with E-state index in [0.717, 1.165) is 39.2 Å². The normalized spacial score (nSPS) is 20.4. The van der Waals surface area contributed by atoms with Crippen molar-refractivity contribution in [2.24, 2.45) is 0 Å². The van der Waals surface area contributed by atoms with Gasteiger partial charge in [-0.25, -0.2) is 0 Å². The highest BCUT2D eigenvalue weighted by Crippen LogP contribution is 2.31. The van der Waals surface area contributed by atoms with Crippen molar-refractivity contribution in [2.45, 2.75) is 77.4 Å². The van der Waals surface area contributed by atoms with Gasteiger partial charge in [0, 0.05) is 38.7 Å². The molecule has 1 heterocycles. The average molecular weight is 271 g/mol. The van der Waals surface area contributed by atoms with Gasteiger partial charge < -0.3 is 14.8 Å². The molecule has 0 amide bonds. The summed E-state index contributed by atoms with van der Waals surface area (Å²) in [5.74, 6) is 0. The monoisotopic (exact) mass is 271 g/mol. The lowest BCUT2D eigenvalue weighted by molar-refractivity contribution is -0.128. The quantitative estimate of drug-likeness (QED) is 0.617. The van der Waals surface area contributed by atoms with Crippen LogP contribution in [0.4, 0.5) is 0 Å². The van der Waals surface area contributed by atoms with Crippen LogP contribution in [0.1, 0.15) is 65.7 Å². The van der Waals surface area contributed by atoms with Crippen LogP contribution >= 0.6 is 0 Å². The number of rotatable bonds is 10. The Kier molecular flexibility index (Phi) is 8.67. The van der Waals surface area contributed by atoms with Gasteiger partial charge in [0.2, 0.25) is 0 Å². The lowest BCUT2D eigenvalue weighted by Gasteiger charge is -2.43. The molecular weight excluding hydrogens is 238 g/mol. The van der Waals surface area contributed by atoms with E-state index in [1.54, 1.807) is 0 Å². The Balaban J connectivity index is 2.57. The minimum Gasteiger partial charge on any atom is -0.381 e. The number of nitrogens with one attached hydrogen (secondary N) is 1. The first-order chi connectivity index (χ1) is 9.29. The average Bonchev–Trinajstić information content (AvgIpc) is 2.43. The molecule has 0 spiro atoms. The van der Waals surface area contributed by atoms with Crippen molar-refractivity contribution in [3.63, 3.8) is 0 Å². The van der Waals surface area contributed by atoms with E-state index in [-0.39, 0.29) is 5.60 Å². The van der Waals surface area contributed by atoms with Crippen LogP contribution in [0.15, 0.2) is 0 Å². The number of hydrogen-bond donors (Lipinski definition) is 1. The summed E-state index contributed by atoms with van der Waals surface area (Å²) in [5, 5.41) is 3.67. The van der Waals surface area contributed by atoms with Crippen molar-refractivity contribution < 1.29 is 9.47 Å². The lowest BCUT2D eigenvalue weighted by atomic mass is 9.83. The Labute approximate surface area is 119 Å². The Bertz CT molecular complexity index is 209. The molecule has 3 heteroatoms. The van der Waals surface area contributed by atoms with E-state index >= 15 is 0 Å². The highest BCUT2D eigenvalue weighted by Gasteiger charge is 2.40. The summed E-state index contributed by atoms with van der Waals surface area (Å²) in [7, 11) is 0. The molecule has 1 atom stereocenters. The highest BCUT2D eigenvalue weighted by molar-refractivity contribution is 4.95. The van der Waals surface area contributed by atoms with E-state index in [2.05, 4.69) is 26.1 Å². The smallest absolute Gasteiger partial charge is 0.0878 e. The lowest BCUT2D eigenvalue weighted by Crippen LogP contribution is -2.55. The van der Waals surface area contributed by atoms with Crippen molar-refractivity contribution in [1.29, 1.82) is 0 Å². The maximum absolute atomic E-state index is 6.20. The third-order valence-electron chi connectivity index (χ3n) is 4.20. The number of ether oxygens (including phenoxy) is 2. The van der Waals surface area contributed by atoms with Crippen molar-refractivity contribution in [1.82, 2.24) is 5.32 Å². The molecule has 0 aromatic rings. The van der Waals surface area contributed by atoms with Crippen LogP contribution in [0, 0.1) is 0 Å². The zero-order valence-corrected chi connectivity index (χ0v) is 13.2. The first kappa shape index (κ1) is 16.9. The van der Waals surface area contributed by atoms with Gasteiger partial charge in [0.25, 0.3) is 0 Å². The van der Waals surface area contributed by atoms with Crippen LogP contribution in [0.25, 0.3) is 0 Å². The molecule has 1 aliphatic heterocycles. The maximum Gasteiger partial charge on any atom is 0.0878 e.